The molecule has 4 aliphatic carbocycles. The van der Waals surface area contributed by atoms with E-state index in [0.29, 0.717) is 35.8 Å². The Morgan fingerprint density at radius 1 is 0.952 bits per heavy atom. The van der Waals surface area contributed by atoms with Gasteiger partial charge in [0.15, 0.2) is 5.79 Å². The minimum absolute atomic E-state index is 0.0224. The highest BCUT2D eigenvalue weighted by atomic mass is 16.8. The molecule has 2 aromatic rings. The van der Waals surface area contributed by atoms with Crippen LogP contribution in [0.5, 0.6) is 0 Å². The van der Waals surface area contributed by atoms with Crippen LogP contribution in [0.15, 0.2) is 65.8 Å². The van der Waals surface area contributed by atoms with Crippen LogP contribution in [0.3, 0.4) is 0 Å². The Morgan fingerprint density at radius 3 is 2.39 bits per heavy atom. The maximum absolute atomic E-state index is 14.4. The number of allylic oxidation sites excluding steroid dienone is 1. The summed E-state index contributed by atoms with van der Waals surface area (Å²) in [7, 11) is 0. The molecule has 2 aromatic carbocycles. The summed E-state index contributed by atoms with van der Waals surface area (Å²) in [4.78, 5) is 53.2. The van der Waals surface area contributed by atoms with Crippen LogP contribution in [0, 0.1) is 17.3 Å². The number of nitrogens with one attached hydrogen (secondary N) is 2. The number of hydrogen-bond acceptors (Lipinski definition) is 10. The first kappa shape index (κ1) is 44.3. The van der Waals surface area contributed by atoms with Crippen molar-refractivity contribution in [2.24, 2.45) is 17.3 Å². The number of epoxide rings is 1. The van der Waals surface area contributed by atoms with E-state index >= 15 is 0 Å². The Labute approximate surface area is 365 Å². The number of fused-ring (bicyclic) bond motifs is 4. The van der Waals surface area contributed by atoms with Gasteiger partial charge in [-0.05, 0) is 112 Å². The molecule has 2 amide bonds. The third-order valence-electron chi connectivity index (χ3n) is 14.0. The molecule has 62 heavy (non-hydrogen) atoms. The van der Waals surface area contributed by atoms with Gasteiger partial charge in [-0.15, -0.1) is 0 Å². The number of aliphatic hydroxyl groups is 1. The zero-order valence-electron chi connectivity index (χ0n) is 37.1. The first-order valence-electron chi connectivity index (χ1n) is 22.6. The third kappa shape index (κ3) is 9.73. The molecule has 0 aromatic heterocycles. The van der Waals surface area contributed by atoms with E-state index in [2.05, 4.69) is 49.6 Å². The number of aliphatic hydroxyl groups excluding tert-OH is 1. The zero-order chi connectivity index (χ0) is 44.0. The van der Waals surface area contributed by atoms with Crippen LogP contribution in [0.4, 0.5) is 0 Å². The van der Waals surface area contributed by atoms with Gasteiger partial charge >= 0.3 is 11.9 Å². The molecule has 4 fully saturated rings. The summed E-state index contributed by atoms with van der Waals surface area (Å²) in [5, 5.41) is 15.4. The molecule has 8 atom stereocenters. The van der Waals surface area contributed by atoms with Crippen LogP contribution in [-0.2, 0) is 50.9 Å². The van der Waals surface area contributed by atoms with Crippen molar-refractivity contribution in [2.45, 2.75) is 160 Å². The second-order valence-electron chi connectivity index (χ2n) is 20.3. The maximum Gasteiger partial charge on any atom is 0.339 e. The van der Waals surface area contributed by atoms with Crippen molar-refractivity contribution in [1.29, 1.82) is 0 Å². The van der Waals surface area contributed by atoms with Crippen molar-refractivity contribution in [2.75, 3.05) is 13.2 Å². The molecule has 0 bridgehead atoms. The average Bonchev–Trinajstić information content (AvgIpc) is 3.50. The number of benzene rings is 2. The number of amides is 2. The van der Waals surface area contributed by atoms with Crippen LogP contribution >= 0.6 is 0 Å². The molecule has 1 spiro atoms. The lowest BCUT2D eigenvalue weighted by Gasteiger charge is -2.53. The van der Waals surface area contributed by atoms with E-state index in [1.165, 1.54) is 5.57 Å². The summed E-state index contributed by atoms with van der Waals surface area (Å²) in [6, 6.07) is 15.1. The monoisotopic (exact) mass is 852 g/mol. The van der Waals surface area contributed by atoms with Crippen LogP contribution in [0.1, 0.15) is 126 Å². The number of carbonyl (C=O) groups is 4. The highest BCUT2D eigenvalue weighted by Gasteiger charge is 2.57. The summed E-state index contributed by atoms with van der Waals surface area (Å²) in [6.45, 7) is 12.0. The summed E-state index contributed by atoms with van der Waals surface area (Å²) in [6.07, 6.45) is 8.72. The second-order valence-corrected chi connectivity index (χ2v) is 20.3. The van der Waals surface area contributed by atoms with Gasteiger partial charge in [0.2, 0.25) is 11.8 Å². The van der Waals surface area contributed by atoms with Crippen molar-refractivity contribution in [3.8, 4) is 0 Å². The summed E-state index contributed by atoms with van der Waals surface area (Å²) < 4.78 is 31.4. The van der Waals surface area contributed by atoms with E-state index < -0.39 is 53.6 Å². The van der Waals surface area contributed by atoms with Crippen molar-refractivity contribution < 1.29 is 48.0 Å². The molecule has 1 unspecified atom stereocenters. The first-order chi connectivity index (χ1) is 29.4. The minimum Gasteiger partial charge on any atom is -0.460 e. The Morgan fingerprint density at radius 2 is 1.68 bits per heavy atom. The lowest BCUT2D eigenvalue weighted by Crippen LogP contribution is -2.45. The van der Waals surface area contributed by atoms with Gasteiger partial charge in [-0.25, -0.2) is 4.79 Å². The summed E-state index contributed by atoms with van der Waals surface area (Å²) in [5.41, 5.74) is 4.88. The SMILES string of the molecule is CC(C)(C)OC(=O)CC[C@@H](CO)NC(=O)CCNC(=O)C1=C[C@H]2OC3(Cc4ccccc4C3)O[C@H]2[C@H](OC(=O)c2ccccc2C=C2CCC3O[C@]3(C)CC[C@@H]3[C@@H]2CC3(C)C)C1. The van der Waals surface area contributed by atoms with Crippen molar-refractivity contribution in [1.82, 2.24) is 10.6 Å². The molecule has 2 heterocycles. The van der Waals surface area contributed by atoms with Crippen molar-refractivity contribution in [3.63, 3.8) is 0 Å². The lowest BCUT2D eigenvalue weighted by atomic mass is 9.52. The Kier molecular flexibility index (Phi) is 12.4. The van der Waals surface area contributed by atoms with Gasteiger partial charge in [-0.1, -0.05) is 68.0 Å². The predicted octanol–water partition coefficient (Wildman–Crippen LogP) is 6.70. The van der Waals surface area contributed by atoms with Gasteiger partial charge in [-0.2, -0.15) is 0 Å². The Hall–Kier alpha value is -4.36. The first-order valence-corrected chi connectivity index (χ1v) is 22.6. The van der Waals surface area contributed by atoms with E-state index in [4.69, 9.17) is 23.7 Å². The quantitative estimate of drug-likeness (QED) is 0.155. The molecule has 2 saturated heterocycles. The van der Waals surface area contributed by atoms with E-state index in [1.54, 1.807) is 26.8 Å². The standard InChI is InChI=1S/C50H64N2O10/c1-47(2,3)61-43(55)18-16-35(29-53)52-42(54)20-22-51-45(56)34-24-39(44-40(25-34)59-50(62-44)26-32-12-7-8-13-33(32)27-50)58-46(57)36-14-10-9-11-30(36)23-31-15-17-41-49(6,60-41)21-19-38-37(31)28-48(38,4)5/h7-14,23,25,35,37-41,44,53H,15-22,24,26-29H2,1-6H3,(H,51,56)(H,52,54)/t35-,37+,38+,39+,40+,41?,44-,49+/m0/s1. The van der Waals surface area contributed by atoms with Gasteiger partial charge in [0.25, 0.3) is 0 Å². The summed E-state index contributed by atoms with van der Waals surface area (Å²) in [5.74, 6) is -1.63. The molecule has 6 aliphatic rings. The molecule has 2 aliphatic heterocycles. The van der Waals surface area contributed by atoms with E-state index in [9.17, 15) is 24.3 Å². The Balaban J connectivity index is 0.955. The third-order valence-corrected chi connectivity index (χ3v) is 14.0. The Bertz CT molecular complexity index is 2090. The highest BCUT2D eigenvalue weighted by molar-refractivity contribution is 5.95. The largest absolute Gasteiger partial charge is 0.460 e. The highest BCUT2D eigenvalue weighted by Crippen LogP contribution is 2.60. The van der Waals surface area contributed by atoms with Gasteiger partial charge in [0, 0.05) is 44.2 Å². The molecule has 0 radical (unpaired) electrons. The van der Waals surface area contributed by atoms with E-state index in [1.807, 2.05) is 36.4 Å². The normalized spacial score (nSPS) is 30.1. The lowest BCUT2D eigenvalue weighted by molar-refractivity contribution is -0.172. The van der Waals surface area contributed by atoms with E-state index in [-0.39, 0.29) is 61.9 Å². The second kappa shape index (κ2) is 17.3. The number of ether oxygens (including phenoxy) is 5. The molecule has 8 rings (SSSR count). The fourth-order valence-corrected chi connectivity index (χ4v) is 10.7. The van der Waals surface area contributed by atoms with Gasteiger partial charge in [0.05, 0.1) is 29.9 Å². The van der Waals surface area contributed by atoms with Crippen molar-refractivity contribution in [3.05, 3.63) is 88.0 Å². The number of carbonyl (C=O) groups excluding carboxylic acids is 4. The molecule has 334 valence electrons. The van der Waals surface area contributed by atoms with Crippen LogP contribution in [0.25, 0.3) is 6.08 Å². The molecular weight excluding hydrogens is 789 g/mol. The molecule has 2 saturated carbocycles. The fraction of sp³-hybridized carbons (Fsp3) is 0.600. The van der Waals surface area contributed by atoms with Gasteiger partial charge in [-0.3, -0.25) is 14.4 Å². The van der Waals surface area contributed by atoms with Crippen LogP contribution in [0.2, 0.25) is 0 Å². The van der Waals surface area contributed by atoms with Crippen molar-refractivity contribution >= 4 is 29.8 Å². The van der Waals surface area contributed by atoms with Crippen LogP contribution < -0.4 is 10.6 Å². The fourth-order valence-electron chi connectivity index (χ4n) is 10.7. The molecule has 3 N–H and O–H groups in total. The smallest absolute Gasteiger partial charge is 0.339 e. The summed E-state index contributed by atoms with van der Waals surface area (Å²) >= 11 is 0. The number of rotatable bonds is 12. The van der Waals surface area contributed by atoms with Crippen LogP contribution in [-0.4, -0.2) is 89.5 Å². The van der Waals surface area contributed by atoms with E-state index in [0.717, 1.165) is 48.8 Å². The molecular formula is C50H64N2O10. The maximum atomic E-state index is 14.4. The topological polar surface area (TPSA) is 162 Å². The average molecular weight is 853 g/mol. The predicted molar refractivity (Wildman–Crippen MR) is 231 cm³/mol. The molecule has 12 nitrogen and oxygen atoms in total. The van der Waals surface area contributed by atoms with Gasteiger partial charge in [0.1, 0.15) is 23.9 Å². The zero-order valence-corrected chi connectivity index (χ0v) is 37.1. The minimum atomic E-state index is -0.954. The molecule has 12 heteroatoms. The number of esters is 2. The number of hydrogen-bond donors (Lipinski definition) is 3. The van der Waals surface area contributed by atoms with Gasteiger partial charge < -0.3 is 39.4 Å².